The molecule has 8 nitrogen and oxygen atoms in total. The Morgan fingerprint density at radius 2 is 1.56 bits per heavy atom. The van der Waals surface area contributed by atoms with Crippen molar-refractivity contribution in [3.8, 4) is 0 Å². The van der Waals surface area contributed by atoms with E-state index in [4.69, 9.17) is 4.52 Å². The number of phosphoric ester groups is 1. The van der Waals surface area contributed by atoms with E-state index in [0.717, 1.165) is 0 Å². The fourth-order valence-electron chi connectivity index (χ4n) is 0.567. The zero-order valence-electron chi connectivity index (χ0n) is 8.62. The van der Waals surface area contributed by atoms with Crippen LogP contribution in [0.4, 0.5) is 0 Å². The average Bonchev–Trinajstić information content (AvgIpc) is 2.27. The second kappa shape index (κ2) is 9.12. The zero-order chi connectivity index (χ0) is 12.3. The lowest BCUT2D eigenvalue weighted by Gasteiger charge is -2.14. The molecule has 0 fully saturated rings. The largest absolute Gasteiger partial charge is 0.478 e. The van der Waals surface area contributed by atoms with Crippen LogP contribution in [0.25, 0.3) is 0 Å². The predicted octanol–water partition coefficient (Wildman–Crippen LogP) is 1.14. The lowest BCUT2D eigenvalue weighted by atomic mass is 10.5. The molecule has 0 saturated heterocycles. The number of rotatable bonds is 9. The molecule has 0 atom stereocenters. The molecule has 16 heavy (non-hydrogen) atoms. The molecule has 0 aromatic heterocycles. The summed E-state index contributed by atoms with van der Waals surface area (Å²) in [6, 6.07) is 0. The smallest absolute Gasteiger partial charge is 0.287 e. The van der Waals surface area contributed by atoms with Gasteiger partial charge >= 0.3 is 7.82 Å². The van der Waals surface area contributed by atoms with Gasteiger partial charge in [-0.1, -0.05) is 6.92 Å². The maximum Gasteiger partial charge on any atom is 0.478 e. The molecule has 0 heterocycles. The Balaban J connectivity index is 4.27. The summed E-state index contributed by atoms with van der Waals surface area (Å²) in [5, 5.41) is 0. The minimum Gasteiger partial charge on any atom is -0.287 e. The van der Waals surface area contributed by atoms with Crippen molar-refractivity contribution in [2.75, 3.05) is 20.1 Å². The molecule has 0 aliphatic heterocycles. The number of isocyanates is 2. The maximum atomic E-state index is 11.7. The molecule has 0 saturated carbocycles. The first-order chi connectivity index (χ1) is 7.68. The number of aliphatic imine (C=N–C) groups is 2. The van der Waals surface area contributed by atoms with Gasteiger partial charge in [0.2, 0.25) is 12.2 Å². The molecule has 0 aromatic carbocycles. The van der Waals surface area contributed by atoms with Gasteiger partial charge in [0.15, 0.2) is 13.5 Å². The number of hydrogen-bond donors (Lipinski definition) is 0. The van der Waals surface area contributed by atoms with Gasteiger partial charge in [-0.3, -0.25) is 13.6 Å². The highest BCUT2D eigenvalue weighted by Crippen LogP contribution is 2.49. The third-order valence-corrected chi connectivity index (χ3v) is 2.51. The molecule has 90 valence electrons. The van der Waals surface area contributed by atoms with Crippen LogP contribution in [0, 0.1) is 0 Å². The summed E-state index contributed by atoms with van der Waals surface area (Å²) < 4.78 is 25.7. The second-order valence-electron chi connectivity index (χ2n) is 2.30. The van der Waals surface area contributed by atoms with Crippen LogP contribution >= 0.6 is 7.82 Å². The van der Waals surface area contributed by atoms with Gasteiger partial charge in [0, 0.05) is 0 Å². The highest BCUT2D eigenvalue weighted by molar-refractivity contribution is 7.48. The third kappa shape index (κ3) is 7.20. The number of nitrogens with zero attached hydrogens (tertiary/aromatic N) is 2. The van der Waals surface area contributed by atoms with Crippen molar-refractivity contribution in [3.63, 3.8) is 0 Å². The molecule has 0 rings (SSSR count). The van der Waals surface area contributed by atoms with E-state index in [0.29, 0.717) is 6.42 Å². The van der Waals surface area contributed by atoms with Crippen molar-refractivity contribution in [2.24, 2.45) is 9.98 Å². The van der Waals surface area contributed by atoms with Gasteiger partial charge in [0.1, 0.15) is 0 Å². The summed E-state index contributed by atoms with van der Waals surface area (Å²) >= 11 is 0. The Kier molecular flexibility index (Phi) is 8.48. The number of carbonyl (C=O) groups excluding carboxylic acids is 2. The molecular weight excluding hydrogens is 239 g/mol. The molecule has 0 spiro atoms. The SMILES string of the molecule is CCCOP(=O)(OCN=C=O)OCN=C=O. The van der Waals surface area contributed by atoms with Gasteiger partial charge in [-0.05, 0) is 6.42 Å². The van der Waals surface area contributed by atoms with E-state index < -0.39 is 21.3 Å². The lowest BCUT2D eigenvalue weighted by molar-refractivity contribution is 0.118. The molecule has 0 amide bonds. The molecular formula is C7H11N2O6P. The fraction of sp³-hybridized carbons (Fsp3) is 0.714. The van der Waals surface area contributed by atoms with Crippen LogP contribution in [0.15, 0.2) is 9.98 Å². The Hall–Kier alpha value is -1.13. The molecule has 0 unspecified atom stereocenters. The van der Waals surface area contributed by atoms with Crippen LogP contribution < -0.4 is 0 Å². The van der Waals surface area contributed by atoms with Crippen LogP contribution in [-0.2, 0) is 27.7 Å². The van der Waals surface area contributed by atoms with E-state index in [1.54, 1.807) is 6.92 Å². The van der Waals surface area contributed by atoms with Gasteiger partial charge in [-0.25, -0.2) is 14.2 Å². The summed E-state index contributed by atoms with van der Waals surface area (Å²) in [5.41, 5.74) is 0. The van der Waals surface area contributed by atoms with Crippen molar-refractivity contribution in [2.45, 2.75) is 13.3 Å². The van der Waals surface area contributed by atoms with Crippen LogP contribution in [-0.4, -0.2) is 32.2 Å². The van der Waals surface area contributed by atoms with Crippen molar-refractivity contribution in [1.29, 1.82) is 0 Å². The Bertz CT molecular complexity index is 308. The molecule has 0 aliphatic carbocycles. The van der Waals surface area contributed by atoms with Crippen molar-refractivity contribution < 1.29 is 27.7 Å². The van der Waals surface area contributed by atoms with Gasteiger partial charge < -0.3 is 0 Å². The fourth-order valence-corrected chi connectivity index (χ4v) is 1.59. The van der Waals surface area contributed by atoms with E-state index in [-0.39, 0.29) is 6.61 Å². The Morgan fingerprint density at radius 3 is 1.94 bits per heavy atom. The van der Waals surface area contributed by atoms with Gasteiger partial charge in [0.25, 0.3) is 0 Å². The van der Waals surface area contributed by atoms with E-state index >= 15 is 0 Å². The summed E-state index contributed by atoms with van der Waals surface area (Å²) in [5.74, 6) is 0. The molecule has 9 heteroatoms. The topological polar surface area (TPSA) is 104 Å². The van der Waals surface area contributed by atoms with Gasteiger partial charge in [-0.15, -0.1) is 0 Å². The lowest BCUT2D eigenvalue weighted by Crippen LogP contribution is -2.01. The second-order valence-corrected chi connectivity index (χ2v) is 3.96. The molecule has 0 aromatic rings. The highest BCUT2D eigenvalue weighted by atomic mass is 31.2. The minimum absolute atomic E-state index is 0.132. The summed E-state index contributed by atoms with van der Waals surface area (Å²) in [4.78, 5) is 25.6. The maximum absolute atomic E-state index is 11.7. The van der Waals surface area contributed by atoms with Crippen molar-refractivity contribution in [1.82, 2.24) is 0 Å². The number of hydrogen-bond acceptors (Lipinski definition) is 8. The summed E-state index contributed by atoms with van der Waals surface area (Å²) in [6.45, 7) is 0.912. The van der Waals surface area contributed by atoms with Gasteiger partial charge in [-0.2, -0.15) is 9.98 Å². The highest BCUT2D eigenvalue weighted by Gasteiger charge is 2.26. The number of phosphoric acid groups is 1. The van der Waals surface area contributed by atoms with E-state index in [9.17, 15) is 14.2 Å². The van der Waals surface area contributed by atoms with Crippen LogP contribution in [0.2, 0.25) is 0 Å². The molecule has 0 N–H and O–H groups in total. The first kappa shape index (κ1) is 14.9. The Morgan fingerprint density at radius 1 is 1.06 bits per heavy atom. The standard InChI is InChI=1S/C7H11N2O6P/c1-2-3-13-16(12,14-6-8-4-10)15-7-9-5-11/h2-3,6-7H2,1H3. The van der Waals surface area contributed by atoms with E-state index in [2.05, 4.69) is 19.0 Å². The van der Waals surface area contributed by atoms with Crippen LogP contribution in [0.3, 0.4) is 0 Å². The first-order valence-electron chi connectivity index (χ1n) is 4.29. The Labute approximate surface area is 91.9 Å². The van der Waals surface area contributed by atoms with E-state index in [1.807, 2.05) is 0 Å². The van der Waals surface area contributed by atoms with Crippen LogP contribution in [0.5, 0.6) is 0 Å². The molecule has 0 radical (unpaired) electrons. The van der Waals surface area contributed by atoms with Crippen molar-refractivity contribution in [3.05, 3.63) is 0 Å². The average molecular weight is 250 g/mol. The third-order valence-electron chi connectivity index (χ3n) is 1.14. The summed E-state index contributed by atoms with van der Waals surface area (Å²) in [7, 11) is -3.84. The van der Waals surface area contributed by atoms with Crippen LogP contribution in [0.1, 0.15) is 13.3 Å². The van der Waals surface area contributed by atoms with Crippen molar-refractivity contribution >= 4 is 20.0 Å². The zero-order valence-corrected chi connectivity index (χ0v) is 9.51. The predicted molar refractivity (Wildman–Crippen MR) is 52.0 cm³/mol. The normalized spacial score (nSPS) is 13.3. The minimum atomic E-state index is -3.84. The molecule has 0 bridgehead atoms. The first-order valence-corrected chi connectivity index (χ1v) is 5.75. The quantitative estimate of drug-likeness (QED) is 0.345. The van der Waals surface area contributed by atoms with E-state index in [1.165, 1.54) is 12.2 Å². The van der Waals surface area contributed by atoms with Gasteiger partial charge in [0.05, 0.1) is 6.61 Å². The summed E-state index contributed by atoms with van der Waals surface area (Å²) in [6.07, 6.45) is 2.98. The monoisotopic (exact) mass is 250 g/mol. The molecule has 0 aliphatic rings.